The molecule has 0 unspecified atom stereocenters. The zero-order valence-corrected chi connectivity index (χ0v) is 20.0. The number of nitrogens with zero attached hydrogens (tertiary/aromatic N) is 2. The van der Waals surface area contributed by atoms with Crippen LogP contribution < -0.4 is 15.5 Å². The Kier molecular flexibility index (Phi) is 8.23. The van der Waals surface area contributed by atoms with Gasteiger partial charge in [0, 0.05) is 49.3 Å². The first-order valence-corrected chi connectivity index (χ1v) is 11.1. The summed E-state index contributed by atoms with van der Waals surface area (Å²) in [5, 5.41) is 11.9. The second kappa shape index (κ2) is 10.9. The third-order valence-electron chi connectivity index (χ3n) is 5.32. The Morgan fingerprint density at radius 2 is 2.03 bits per heavy atom. The number of fused-ring (bicyclic) bond motifs is 1. The molecule has 5 nitrogen and oxygen atoms in total. The number of aromatic amines is 1. The van der Waals surface area contributed by atoms with Gasteiger partial charge in [-0.3, -0.25) is 4.99 Å². The predicted molar refractivity (Wildman–Crippen MR) is 136 cm³/mol. The quantitative estimate of drug-likeness (QED) is 0.251. The number of aliphatic imine (C=N–C) groups is 1. The Bertz CT molecular complexity index is 897. The van der Waals surface area contributed by atoms with Gasteiger partial charge in [-0.2, -0.15) is 0 Å². The number of aromatic nitrogens is 1. The summed E-state index contributed by atoms with van der Waals surface area (Å²) in [6, 6.07) is 13.3. The molecule has 4 rings (SSSR count). The molecule has 0 saturated carbocycles. The predicted octanol–water partition coefficient (Wildman–Crippen LogP) is 4.61. The Morgan fingerprint density at radius 1 is 1.21 bits per heavy atom. The van der Waals surface area contributed by atoms with Gasteiger partial charge >= 0.3 is 0 Å². The number of nitrogens with one attached hydrogen (secondary N) is 3. The average Bonchev–Trinajstić information content (AvgIpc) is 3.39. The molecule has 3 heterocycles. The molecule has 156 valence electrons. The normalized spacial score (nSPS) is 15.3. The Hall–Kier alpha value is -1.74. The van der Waals surface area contributed by atoms with Crippen LogP contribution in [-0.2, 0) is 6.42 Å². The molecule has 0 spiro atoms. The molecule has 29 heavy (non-hydrogen) atoms. The molecule has 0 radical (unpaired) electrons. The van der Waals surface area contributed by atoms with Crippen LogP contribution in [-0.4, -0.2) is 43.2 Å². The van der Waals surface area contributed by atoms with E-state index < -0.39 is 0 Å². The van der Waals surface area contributed by atoms with Gasteiger partial charge in [0.1, 0.15) is 0 Å². The van der Waals surface area contributed by atoms with Crippen molar-refractivity contribution in [3.63, 3.8) is 0 Å². The van der Waals surface area contributed by atoms with Crippen molar-refractivity contribution < 1.29 is 0 Å². The largest absolute Gasteiger partial charge is 0.363 e. The minimum absolute atomic E-state index is 0. The molecule has 0 bridgehead atoms. The summed E-state index contributed by atoms with van der Waals surface area (Å²) >= 11 is 1.83. The summed E-state index contributed by atoms with van der Waals surface area (Å²) < 4.78 is 0. The van der Waals surface area contributed by atoms with Crippen LogP contribution in [0, 0.1) is 0 Å². The summed E-state index contributed by atoms with van der Waals surface area (Å²) in [7, 11) is 0. The standard InChI is InChI=1S/C22H29N5S.HI/c1-2-23-22(24-12-9-17-16-25-20-7-4-3-6-19(17)20)26-18-10-13-27(14-11-18)21-8-5-15-28-21;/h3-8,15-16,18,25H,2,9-14H2,1H3,(H2,23,24,26);1H. The van der Waals surface area contributed by atoms with E-state index in [1.807, 2.05) is 11.3 Å². The average molecular weight is 523 g/mol. The van der Waals surface area contributed by atoms with Gasteiger partial charge < -0.3 is 20.5 Å². The van der Waals surface area contributed by atoms with Crippen molar-refractivity contribution in [1.82, 2.24) is 15.6 Å². The number of hydrogen-bond acceptors (Lipinski definition) is 3. The topological polar surface area (TPSA) is 55.5 Å². The zero-order chi connectivity index (χ0) is 19.2. The van der Waals surface area contributed by atoms with Crippen molar-refractivity contribution in [2.24, 2.45) is 4.99 Å². The van der Waals surface area contributed by atoms with Crippen LogP contribution in [0.4, 0.5) is 5.00 Å². The van der Waals surface area contributed by atoms with E-state index in [2.05, 4.69) is 75.4 Å². The van der Waals surface area contributed by atoms with E-state index in [4.69, 9.17) is 4.99 Å². The number of H-pyrrole nitrogens is 1. The monoisotopic (exact) mass is 523 g/mol. The van der Waals surface area contributed by atoms with Gasteiger partial charge in [0.15, 0.2) is 5.96 Å². The number of thiophene rings is 1. The Labute approximate surface area is 194 Å². The van der Waals surface area contributed by atoms with Crippen molar-refractivity contribution in [2.45, 2.75) is 32.2 Å². The first-order valence-electron chi connectivity index (χ1n) is 10.2. The molecule has 1 fully saturated rings. The summed E-state index contributed by atoms with van der Waals surface area (Å²) in [5.74, 6) is 0.942. The lowest BCUT2D eigenvalue weighted by Crippen LogP contribution is -2.48. The minimum atomic E-state index is 0. The van der Waals surface area contributed by atoms with E-state index in [0.717, 1.165) is 51.4 Å². The van der Waals surface area contributed by atoms with Gasteiger partial charge in [-0.15, -0.1) is 35.3 Å². The molecule has 7 heteroatoms. The van der Waals surface area contributed by atoms with Crippen molar-refractivity contribution in [3.8, 4) is 0 Å². The van der Waals surface area contributed by atoms with Crippen LogP contribution in [0.5, 0.6) is 0 Å². The molecule has 1 aromatic carbocycles. The number of rotatable bonds is 6. The number of anilines is 1. The number of hydrogen-bond donors (Lipinski definition) is 3. The number of piperidine rings is 1. The number of guanidine groups is 1. The van der Waals surface area contributed by atoms with E-state index in [0.29, 0.717) is 6.04 Å². The lowest BCUT2D eigenvalue weighted by atomic mass is 10.1. The summed E-state index contributed by atoms with van der Waals surface area (Å²) in [6.07, 6.45) is 5.34. The van der Waals surface area contributed by atoms with E-state index >= 15 is 0 Å². The highest BCUT2D eigenvalue weighted by atomic mass is 127. The molecule has 2 aromatic heterocycles. The molecule has 1 aliphatic heterocycles. The molecule has 0 aliphatic carbocycles. The van der Waals surface area contributed by atoms with Crippen LogP contribution in [0.1, 0.15) is 25.3 Å². The number of benzene rings is 1. The maximum absolute atomic E-state index is 4.83. The molecule has 0 atom stereocenters. The van der Waals surface area contributed by atoms with E-state index in [1.54, 1.807) is 0 Å². The number of para-hydroxylation sites is 1. The summed E-state index contributed by atoms with van der Waals surface area (Å²) in [4.78, 5) is 10.7. The van der Waals surface area contributed by atoms with E-state index in [1.165, 1.54) is 21.5 Å². The van der Waals surface area contributed by atoms with Crippen LogP contribution in [0.25, 0.3) is 10.9 Å². The summed E-state index contributed by atoms with van der Waals surface area (Å²) in [6.45, 7) is 5.99. The highest BCUT2D eigenvalue weighted by Crippen LogP contribution is 2.24. The second-order valence-electron chi connectivity index (χ2n) is 7.23. The maximum Gasteiger partial charge on any atom is 0.191 e. The second-order valence-corrected chi connectivity index (χ2v) is 8.15. The van der Waals surface area contributed by atoms with Crippen molar-refractivity contribution in [3.05, 3.63) is 53.5 Å². The Balaban J connectivity index is 0.00000240. The first-order chi connectivity index (χ1) is 13.8. The van der Waals surface area contributed by atoms with Crippen molar-refractivity contribution in [1.29, 1.82) is 0 Å². The highest BCUT2D eigenvalue weighted by Gasteiger charge is 2.20. The maximum atomic E-state index is 4.83. The SMILES string of the molecule is CCNC(=NCCc1c[nH]c2ccccc12)NC1CCN(c2cccs2)CC1.I. The van der Waals surface area contributed by atoms with E-state index in [9.17, 15) is 0 Å². The highest BCUT2D eigenvalue weighted by molar-refractivity contribution is 14.0. The van der Waals surface area contributed by atoms with Gasteiger partial charge in [-0.25, -0.2) is 0 Å². The zero-order valence-electron chi connectivity index (χ0n) is 16.9. The molecule has 3 N–H and O–H groups in total. The van der Waals surface area contributed by atoms with Gasteiger partial charge in [-0.05, 0) is 55.3 Å². The van der Waals surface area contributed by atoms with Crippen molar-refractivity contribution >= 4 is 57.2 Å². The van der Waals surface area contributed by atoms with Gasteiger partial charge in [-0.1, -0.05) is 18.2 Å². The number of halogens is 1. The molecule has 3 aromatic rings. The first kappa shape index (κ1) is 22.0. The third kappa shape index (κ3) is 5.66. The van der Waals surface area contributed by atoms with Crippen LogP contribution >= 0.6 is 35.3 Å². The van der Waals surface area contributed by atoms with Crippen molar-refractivity contribution in [2.75, 3.05) is 31.1 Å². The fourth-order valence-electron chi connectivity index (χ4n) is 3.83. The Morgan fingerprint density at radius 3 is 2.79 bits per heavy atom. The molecule has 1 aliphatic rings. The van der Waals surface area contributed by atoms with Crippen LogP contribution in [0.3, 0.4) is 0 Å². The molecule has 0 amide bonds. The third-order valence-corrected chi connectivity index (χ3v) is 6.25. The van der Waals surface area contributed by atoms with Crippen LogP contribution in [0.2, 0.25) is 0 Å². The van der Waals surface area contributed by atoms with Crippen LogP contribution in [0.15, 0.2) is 53.0 Å². The lowest BCUT2D eigenvalue weighted by molar-refractivity contribution is 0.463. The molecular weight excluding hydrogens is 493 g/mol. The fraction of sp³-hybridized carbons (Fsp3) is 0.409. The van der Waals surface area contributed by atoms with Gasteiger partial charge in [0.2, 0.25) is 0 Å². The smallest absolute Gasteiger partial charge is 0.191 e. The summed E-state index contributed by atoms with van der Waals surface area (Å²) in [5.41, 5.74) is 2.53. The molecular formula is C22H30IN5S. The fourth-order valence-corrected chi connectivity index (χ4v) is 4.62. The van der Waals surface area contributed by atoms with E-state index in [-0.39, 0.29) is 24.0 Å². The lowest BCUT2D eigenvalue weighted by Gasteiger charge is -2.33. The minimum Gasteiger partial charge on any atom is -0.363 e. The molecule has 1 saturated heterocycles. The van der Waals surface area contributed by atoms with Gasteiger partial charge in [0.05, 0.1) is 5.00 Å². The van der Waals surface area contributed by atoms with Gasteiger partial charge in [0.25, 0.3) is 0 Å².